The van der Waals surface area contributed by atoms with Gasteiger partial charge in [0.1, 0.15) is 0 Å². The summed E-state index contributed by atoms with van der Waals surface area (Å²) >= 11 is 0.611. The first kappa shape index (κ1) is 44.9. The summed E-state index contributed by atoms with van der Waals surface area (Å²) in [5.74, 6) is -4.22. The molecule has 1 fully saturated rings. The van der Waals surface area contributed by atoms with Crippen molar-refractivity contribution in [2.45, 2.75) is 70.1 Å². The van der Waals surface area contributed by atoms with Crippen molar-refractivity contribution in [2.24, 2.45) is 5.41 Å². The summed E-state index contributed by atoms with van der Waals surface area (Å²) in [6, 6.07) is 18.2. The summed E-state index contributed by atoms with van der Waals surface area (Å²) in [4.78, 5) is 55.9. The monoisotopic (exact) mass is 995 g/mol. The van der Waals surface area contributed by atoms with Gasteiger partial charge in [-0.05, 0) is 19.4 Å². The molecule has 6 aromatic rings. The predicted molar refractivity (Wildman–Crippen MR) is 231 cm³/mol. The molecule has 17 heteroatoms. The molecule has 62 heavy (non-hydrogen) atoms. The van der Waals surface area contributed by atoms with E-state index in [1.165, 1.54) is 11.1 Å². The molecule has 4 N–H and O–H groups in total. The topological polar surface area (TPSA) is 174 Å². The number of aromatic nitrogens is 3. The molecule has 1 aliphatic rings. The van der Waals surface area contributed by atoms with E-state index < -0.39 is 81.4 Å². The molecule has 1 aliphatic heterocycles. The van der Waals surface area contributed by atoms with Crippen LogP contribution in [0.5, 0.6) is 0 Å². The minimum absolute atomic E-state index is 0.0507. The Morgan fingerprint density at radius 1 is 1.02 bits per heavy atom. The quantitative estimate of drug-likeness (QED) is 0.0712. The average Bonchev–Trinajstić information content (AvgIpc) is 3.97. The summed E-state index contributed by atoms with van der Waals surface area (Å²) in [5, 5.41) is 14.0. The van der Waals surface area contributed by atoms with Gasteiger partial charge in [0.05, 0.1) is 17.0 Å². The summed E-state index contributed by atoms with van der Waals surface area (Å²) in [6.45, 7) is 9.95. The normalized spacial score (nSPS) is 16.2. The van der Waals surface area contributed by atoms with E-state index in [1.807, 2.05) is 81.7 Å². The van der Waals surface area contributed by atoms with Crippen LogP contribution in [-0.4, -0.2) is 79.3 Å². The van der Waals surface area contributed by atoms with Crippen molar-refractivity contribution >= 4 is 55.7 Å². The number of nitrogens with zero attached hydrogens (tertiary/aromatic N) is 3. The molecule has 2 amide bonds. The molecule has 7 rings (SSSR count). The molecule has 0 saturated carbocycles. The van der Waals surface area contributed by atoms with Crippen molar-refractivity contribution in [3.8, 4) is 21.6 Å². The number of aryl methyl sites for hydroxylation is 1. The van der Waals surface area contributed by atoms with Crippen LogP contribution in [0.25, 0.3) is 32.6 Å². The van der Waals surface area contributed by atoms with Crippen LogP contribution < -0.4 is 31.2 Å². The van der Waals surface area contributed by atoms with Crippen LogP contribution in [0.4, 0.5) is 14.5 Å². The van der Waals surface area contributed by atoms with Crippen LogP contribution in [0.15, 0.2) is 84.6 Å². The Hall–Kier alpha value is -5.11. The third-order valence-electron chi connectivity index (χ3n) is 10.5. The van der Waals surface area contributed by atoms with E-state index in [2.05, 4.69) is 25.0 Å². The number of carbonyl (C=O) groups is 3. The Bertz CT molecular complexity index is 2750. The summed E-state index contributed by atoms with van der Waals surface area (Å²) in [7, 11) is -3.92. The van der Waals surface area contributed by atoms with Crippen LogP contribution in [0.2, 0.25) is 0 Å². The molecule has 326 valence electrons. The number of hydrogen-bond acceptors (Lipinski definition) is 9. The van der Waals surface area contributed by atoms with E-state index in [0.717, 1.165) is 43.0 Å². The molecule has 0 spiro atoms. The third-order valence-corrected chi connectivity index (χ3v) is 17.4. The fourth-order valence-electron chi connectivity index (χ4n) is 7.34. The Morgan fingerprint density at radius 3 is 2.39 bits per heavy atom. The number of alkyl halides is 1. The zero-order valence-corrected chi connectivity index (χ0v) is 38.4. The molecule has 0 radical (unpaired) electrons. The van der Waals surface area contributed by atoms with Gasteiger partial charge in [0.15, 0.2) is 0 Å². The molecule has 3 aromatic carbocycles. The van der Waals surface area contributed by atoms with E-state index >= 15 is 8.78 Å². The number of aromatic amines is 1. The van der Waals surface area contributed by atoms with Gasteiger partial charge in [0.25, 0.3) is 0 Å². The number of anilines is 1. The molecule has 3 atom stereocenters. The van der Waals surface area contributed by atoms with Crippen LogP contribution in [0.1, 0.15) is 67.7 Å². The number of fused-ring (bicyclic) bond motifs is 1. The van der Waals surface area contributed by atoms with Crippen LogP contribution in [0, 0.1) is 27.5 Å². The second-order valence-electron chi connectivity index (χ2n) is 16.3. The number of rotatable bonds is 14. The van der Waals surface area contributed by atoms with Gasteiger partial charge >= 0.3 is 292 Å². The molecule has 0 aliphatic carbocycles. The van der Waals surface area contributed by atoms with Crippen molar-refractivity contribution in [1.29, 1.82) is 0 Å². The molecular formula is C45H46F2IN6O6S2-. The summed E-state index contributed by atoms with van der Waals surface area (Å²) < 4.78 is 57.9. The van der Waals surface area contributed by atoms with Gasteiger partial charge in [0.2, 0.25) is 10.0 Å². The number of amides is 2. The number of aliphatic hydroxyl groups is 1. The molecular weight excluding hydrogens is 950 g/mol. The molecule has 3 aromatic heterocycles. The second-order valence-corrected chi connectivity index (χ2v) is 22.1. The van der Waals surface area contributed by atoms with Crippen LogP contribution in [0.3, 0.4) is 0 Å². The average molecular weight is 996 g/mol. The number of β-amino-alcohol motifs (C(OH)–C–C–N with tert-alkyl or cyclic N) is 1. The van der Waals surface area contributed by atoms with Crippen LogP contribution in [-0.2, 0) is 26.2 Å². The number of halogens is 3. The predicted octanol–water partition coefficient (Wildman–Crippen LogP) is 4.27. The number of carbonyl (C=O) groups excluding carboxylic acids is 3. The zero-order valence-electron chi connectivity index (χ0n) is 34.6. The summed E-state index contributed by atoms with van der Waals surface area (Å²) in [6.07, 6.45) is 2.51. The number of pyridine rings is 1. The van der Waals surface area contributed by atoms with Gasteiger partial charge < -0.3 is 0 Å². The fraction of sp³-hybridized carbons (Fsp3) is 0.311. The molecule has 1 unspecified atom stereocenters. The van der Waals surface area contributed by atoms with E-state index in [1.54, 1.807) is 30.5 Å². The maximum absolute atomic E-state index is 15.6. The Balaban J connectivity index is 1.05. The third kappa shape index (κ3) is 9.75. The van der Waals surface area contributed by atoms with Gasteiger partial charge in [-0.15, -0.1) is 11.3 Å². The SMILES string of the molecule is CCCS(=O)(=O)Nc1ccc(F)c(C(=O)c2c[nH]c3ncc(-c4ccc([I-][C@H](C(=O)N5C[C@H](O)CC5C(=O)NCc5ccc(-c6scnc6C)cc5)C(C)(C)C)cc4)cc23)c1F. The van der Waals surface area contributed by atoms with Gasteiger partial charge in [-0.2, -0.15) is 0 Å². The van der Waals surface area contributed by atoms with Crippen molar-refractivity contribution < 1.29 is 57.9 Å². The van der Waals surface area contributed by atoms with Crippen LogP contribution >= 0.6 is 11.3 Å². The van der Waals surface area contributed by atoms with Crippen molar-refractivity contribution in [2.75, 3.05) is 17.0 Å². The second kappa shape index (κ2) is 18.3. The fourth-order valence-corrected chi connectivity index (χ4v) is 12.3. The number of nitrogens with one attached hydrogen (secondary N) is 3. The first-order chi connectivity index (χ1) is 29.4. The van der Waals surface area contributed by atoms with E-state index in [0.29, 0.717) is 16.6 Å². The van der Waals surface area contributed by atoms with Crippen molar-refractivity contribution in [3.05, 3.63) is 122 Å². The molecule has 0 bridgehead atoms. The standard InChI is InChI=1S/C45H46F2IN6O6S2/c1-6-17-62(59,60)53-35-16-15-34(46)37(38(35)47)39(56)33-22-50-42-32(33)18-29(21-49-42)27-11-13-30(14-12-27)48-41(45(3,4)5)44(58)54-23-31(55)19-36(54)43(57)51-20-26-7-9-28(10-8-26)40-25(2)52-24-61-40/h7-16,18,21-22,24,31,36,41,53,55H,6,17,19-20,23H2,1-5H3,(H,49,50)(H,51,57)/q-1/t31-,36?,41-/m1/s1. The first-order valence-corrected chi connectivity index (χ1v) is 24.8. The Labute approximate surface area is 372 Å². The number of ketones is 1. The first-order valence-electron chi connectivity index (χ1n) is 19.9. The van der Waals surface area contributed by atoms with Gasteiger partial charge in [-0.3, -0.25) is 4.72 Å². The van der Waals surface area contributed by atoms with Gasteiger partial charge in [-0.25, -0.2) is 13.4 Å². The Kier molecular flexibility index (Phi) is 13.3. The number of benzene rings is 3. The molecule has 1 saturated heterocycles. The number of likely N-dealkylation sites (tertiary alicyclic amines) is 1. The zero-order chi connectivity index (χ0) is 44.5. The number of aliphatic hydroxyl groups excluding tert-OH is 1. The maximum atomic E-state index is 15.6. The minimum atomic E-state index is -3.92. The number of sulfonamides is 1. The Morgan fingerprint density at radius 2 is 1.73 bits per heavy atom. The number of thiazole rings is 1. The van der Waals surface area contributed by atoms with E-state index in [9.17, 15) is 27.9 Å². The number of hydrogen-bond donors (Lipinski definition) is 4. The van der Waals surface area contributed by atoms with Crippen molar-refractivity contribution in [3.63, 3.8) is 0 Å². The summed E-state index contributed by atoms with van der Waals surface area (Å²) in [5.41, 5.74) is 4.46. The molecule has 4 heterocycles. The van der Waals surface area contributed by atoms with Crippen molar-refractivity contribution in [1.82, 2.24) is 25.2 Å². The van der Waals surface area contributed by atoms with Gasteiger partial charge in [0, 0.05) is 0 Å². The number of H-pyrrole nitrogens is 1. The van der Waals surface area contributed by atoms with Gasteiger partial charge in [-0.1, -0.05) is 6.92 Å². The molecule has 12 nitrogen and oxygen atoms in total. The van der Waals surface area contributed by atoms with E-state index in [4.69, 9.17) is 0 Å². The van der Waals surface area contributed by atoms with E-state index in [-0.39, 0.29) is 49.1 Å².